The number of amides is 2. The number of ether oxygens (including phenoxy) is 2. The predicted molar refractivity (Wildman–Crippen MR) is 129 cm³/mol. The average molecular weight is 539 g/mol. The fourth-order valence-corrected chi connectivity index (χ4v) is 5.80. The van der Waals surface area contributed by atoms with Crippen molar-refractivity contribution in [2.45, 2.75) is 75.5 Å². The van der Waals surface area contributed by atoms with Crippen LogP contribution < -0.4 is 11.1 Å². The van der Waals surface area contributed by atoms with E-state index in [1.807, 2.05) is 6.92 Å². The van der Waals surface area contributed by atoms with E-state index < -0.39 is 41.5 Å². The number of carbonyl (C=O) groups excluding carboxylic acids is 4. The summed E-state index contributed by atoms with van der Waals surface area (Å²) in [6, 6.07) is -0.931. The van der Waals surface area contributed by atoms with Crippen LogP contribution in [0.2, 0.25) is 0 Å². The monoisotopic (exact) mass is 538 g/mol. The number of hydrogen-bond donors (Lipinski definition) is 2. The number of oxime groups is 1. The number of nitrogens with two attached hydrogens (primary N) is 1. The second kappa shape index (κ2) is 10.8. The van der Waals surface area contributed by atoms with Gasteiger partial charge >= 0.3 is 11.9 Å². The van der Waals surface area contributed by atoms with E-state index in [9.17, 15) is 19.2 Å². The normalized spacial score (nSPS) is 24.8. The second-order valence-electron chi connectivity index (χ2n) is 8.43. The largest absolute Gasteiger partial charge is 0.426 e. The first-order valence-electron chi connectivity index (χ1n) is 11.4. The number of nitrogens with one attached hydrogen (secondary N) is 1. The van der Waals surface area contributed by atoms with Crippen LogP contribution in [0.3, 0.4) is 0 Å². The zero-order valence-electron chi connectivity index (χ0n) is 19.8. The van der Waals surface area contributed by atoms with Crippen LogP contribution in [-0.4, -0.2) is 72.8 Å². The van der Waals surface area contributed by atoms with Gasteiger partial charge in [-0.15, -0.1) is 11.8 Å². The number of carbonyl (C=O) groups is 4. The van der Waals surface area contributed by atoms with Gasteiger partial charge in [-0.05, 0) is 38.7 Å². The lowest BCUT2D eigenvalue weighted by Gasteiger charge is -2.49. The molecule has 2 amide bonds. The van der Waals surface area contributed by atoms with E-state index in [2.05, 4.69) is 19.8 Å². The van der Waals surface area contributed by atoms with Gasteiger partial charge in [-0.25, -0.2) is 4.79 Å². The number of fused-ring (bicyclic) bond motifs is 1. The predicted octanol–water partition coefficient (Wildman–Crippen LogP) is 0.908. The maximum atomic E-state index is 13.2. The van der Waals surface area contributed by atoms with Crippen LogP contribution in [0.1, 0.15) is 52.3 Å². The highest BCUT2D eigenvalue weighted by atomic mass is 32.2. The Balaban J connectivity index is 1.46. The van der Waals surface area contributed by atoms with Crippen LogP contribution in [0, 0.1) is 0 Å². The molecular weight excluding hydrogens is 512 g/mol. The molecule has 3 heterocycles. The van der Waals surface area contributed by atoms with E-state index in [0.29, 0.717) is 0 Å². The molecule has 3 N–H and O–H groups in total. The summed E-state index contributed by atoms with van der Waals surface area (Å²) in [5.41, 5.74) is 5.52. The molecule has 1 aromatic rings. The lowest BCUT2D eigenvalue weighted by atomic mass is 10.0. The van der Waals surface area contributed by atoms with E-state index in [-0.39, 0.29) is 33.7 Å². The standard InChI is InChI=1S/C21H26N6O7S2/c1-9-8-13(20(31)33-11(3)32-10(2)28)27-18(30)15(19(27)35-9)23-17(29)14(16-24-21(22)36-26-16)25-34-12-6-4-5-7-12/h8-9,11-12,15,19H,4-7H2,1-3H3,(H,23,29)(H2,22,24,26)/b25-14+. The molecule has 4 atom stereocenters. The van der Waals surface area contributed by atoms with Crippen LogP contribution in [0.15, 0.2) is 16.9 Å². The van der Waals surface area contributed by atoms with Crippen molar-refractivity contribution in [2.75, 3.05) is 5.73 Å². The SMILES string of the molecule is CC(=O)OC(C)OC(=O)C1=CC(C)SC2C(NC(=O)/C(=N/OC3CCCC3)c3nsc(N)n3)C(=O)N12. The summed E-state index contributed by atoms with van der Waals surface area (Å²) in [5.74, 6) is -2.61. The molecule has 1 aromatic heterocycles. The summed E-state index contributed by atoms with van der Waals surface area (Å²) in [7, 11) is 0. The van der Waals surface area contributed by atoms with Gasteiger partial charge in [-0.3, -0.25) is 19.3 Å². The van der Waals surface area contributed by atoms with Crippen LogP contribution in [-0.2, 0) is 33.5 Å². The summed E-state index contributed by atoms with van der Waals surface area (Å²) in [5, 5.41) is 6.12. The lowest BCUT2D eigenvalue weighted by molar-refractivity contribution is -0.182. The van der Waals surface area contributed by atoms with Gasteiger partial charge in [0.25, 0.3) is 11.8 Å². The number of nitrogen functional groups attached to an aromatic ring is 1. The molecule has 1 saturated carbocycles. The van der Waals surface area contributed by atoms with Gasteiger partial charge in [0.05, 0.1) is 0 Å². The van der Waals surface area contributed by atoms with Crippen molar-refractivity contribution in [3.8, 4) is 0 Å². The van der Waals surface area contributed by atoms with Gasteiger partial charge in [-0.2, -0.15) is 9.36 Å². The third-order valence-corrected chi connectivity index (χ3v) is 7.48. The zero-order chi connectivity index (χ0) is 26.0. The molecule has 0 spiro atoms. The van der Waals surface area contributed by atoms with Gasteiger partial charge < -0.3 is 25.4 Å². The van der Waals surface area contributed by atoms with Crippen LogP contribution in [0.4, 0.5) is 5.13 Å². The Morgan fingerprint density at radius 2 is 2.00 bits per heavy atom. The molecule has 2 fully saturated rings. The Morgan fingerprint density at radius 3 is 2.64 bits per heavy atom. The van der Waals surface area contributed by atoms with E-state index in [0.717, 1.165) is 37.2 Å². The smallest absolute Gasteiger partial charge is 0.357 e. The summed E-state index contributed by atoms with van der Waals surface area (Å²) >= 11 is 2.30. The van der Waals surface area contributed by atoms with Crippen LogP contribution >= 0.6 is 23.3 Å². The van der Waals surface area contributed by atoms with E-state index in [4.69, 9.17) is 20.0 Å². The Bertz CT molecular complexity index is 1120. The van der Waals surface area contributed by atoms with Gasteiger partial charge in [-0.1, -0.05) is 5.16 Å². The number of aromatic nitrogens is 2. The molecule has 1 aliphatic carbocycles. The number of esters is 2. The molecule has 0 aromatic carbocycles. The molecule has 3 aliphatic rings. The average Bonchev–Trinajstić information content (AvgIpc) is 3.48. The zero-order valence-corrected chi connectivity index (χ0v) is 21.5. The second-order valence-corrected chi connectivity index (χ2v) is 10.7. The van der Waals surface area contributed by atoms with E-state index in [1.165, 1.54) is 30.5 Å². The van der Waals surface area contributed by atoms with Crippen molar-refractivity contribution in [1.82, 2.24) is 19.6 Å². The topological polar surface area (TPSA) is 175 Å². The third kappa shape index (κ3) is 5.61. The summed E-state index contributed by atoms with van der Waals surface area (Å²) < 4.78 is 14.0. The van der Waals surface area contributed by atoms with E-state index in [1.54, 1.807) is 6.08 Å². The maximum Gasteiger partial charge on any atom is 0.357 e. The summed E-state index contributed by atoms with van der Waals surface area (Å²) in [6.45, 7) is 4.43. The maximum absolute atomic E-state index is 13.2. The number of thioether (sulfide) groups is 1. The molecule has 15 heteroatoms. The quantitative estimate of drug-likeness (QED) is 0.158. The number of anilines is 1. The Kier molecular flexibility index (Phi) is 7.78. The first kappa shape index (κ1) is 25.9. The van der Waals surface area contributed by atoms with Gasteiger partial charge in [0.15, 0.2) is 5.13 Å². The van der Waals surface area contributed by atoms with Crippen molar-refractivity contribution in [3.63, 3.8) is 0 Å². The molecule has 1 saturated heterocycles. The molecule has 4 unspecified atom stereocenters. The van der Waals surface area contributed by atoms with Crippen LogP contribution in [0.5, 0.6) is 0 Å². The van der Waals surface area contributed by atoms with Crippen molar-refractivity contribution in [2.24, 2.45) is 5.16 Å². The summed E-state index contributed by atoms with van der Waals surface area (Å²) in [6.07, 6.45) is 4.06. The molecular formula is C21H26N6O7S2. The highest BCUT2D eigenvalue weighted by Crippen LogP contribution is 2.41. The first-order valence-corrected chi connectivity index (χ1v) is 13.1. The van der Waals surface area contributed by atoms with Gasteiger partial charge in [0.2, 0.25) is 17.8 Å². The number of rotatable bonds is 8. The van der Waals surface area contributed by atoms with Crippen molar-refractivity contribution in [1.29, 1.82) is 0 Å². The molecule has 0 radical (unpaired) electrons. The van der Waals surface area contributed by atoms with Gasteiger partial charge in [0.1, 0.15) is 23.2 Å². The third-order valence-electron chi connectivity index (χ3n) is 5.61. The molecule has 36 heavy (non-hydrogen) atoms. The fraction of sp³-hybridized carbons (Fsp3) is 0.571. The Labute approximate surface area is 214 Å². The molecule has 4 rings (SSSR count). The minimum absolute atomic E-state index is 0.00455. The highest BCUT2D eigenvalue weighted by molar-refractivity contribution is 8.00. The van der Waals surface area contributed by atoms with Gasteiger partial charge in [0, 0.05) is 30.6 Å². The number of β-lactam (4-membered cyclic amide) rings is 1. The number of nitrogens with zero attached hydrogens (tertiary/aromatic N) is 4. The fourth-order valence-electron chi connectivity index (χ4n) is 4.04. The van der Waals surface area contributed by atoms with Crippen LogP contribution in [0.25, 0.3) is 0 Å². The Morgan fingerprint density at radius 1 is 1.28 bits per heavy atom. The molecule has 13 nitrogen and oxygen atoms in total. The minimum Gasteiger partial charge on any atom is -0.426 e. The number of hydrogen-bond acceptors (Lipinski definition) is 13. The molecule has 0 bridgehead atoms. The minimum atomic E-state index is -1.12. The van der Waals surface area contributed by atoms with Crippen molar-refractivity contribution >= 4 is 57.9 Å². The summed E-state index contributed by atoms with van der Waals surface area (Å²) in [4.78, 5) is 60.7. The van der Waals surface area contributed by atoms with Crippen molar-refractivity contribution < 1.29 is 33.5 Å². The lowest BCUT2D eigenvalue weighted by Crippen LogP contribution is -2.71. The first-order chi connectivity index (χ1) is 17.1. The van der Waals surface area contributed by atoms with E-state index >= 15 is 0 Å². The van der Waals surface area contributed by atoms with Crippen molar-refractivity contribution in [3.05, 3.63) is 17.6 Å². The Hall–Kier alpha value is -3.20. The molecule has 2 aliphatic heterocycles. The highest BCUT2D eigenvalue weighted by Gasteiger charge is 2.54. The molecule has 194 valence electrons.